The Labute approximate surface area is 157 Å². The number of nitrogens with zero attached hydrogens (tertiary/aromatic N) is 1. The van der Waals surface area contributed by atoms with Crippen LogP contribution in [0.2, 0.25) is 0 Å². The van der Waals surface area contributed by atoms with Gasteiger partial charge in [-0.05, 0) is 29.8 Å². The molecule has 2 N–H and O–H groups in total. The van der Waals surface area contributed by atoms with Crippen LogP contribution in [-0.4, -0.2) is 37.1 Å². The number of carbonyl (C=O) groups excluding carboxylic acids is 2. The summed E-state index contributed by atoms with van der Waals surface area (Å²) in [6, 6.07) is 18.4. The number of methoxy groups -OCH3 is 1. The first kappa shape index (κ1) is 18.5. The molecule has 6 nitrogen and oxygen atoms in total. The van der Waals surface area contributed by atoms with Gasteiger partial charge < -0.3 is 15.4 Å². The maximum absolute atomic E-state index is 12.4. The lowest BCUT2D eigenvalue weighted by molar-refractivity contribution is -0.120. The molecule has 0 fully saturated rings. The summed E-state index contributed by atoms with van der Waals surface area (Å²) < 4.78 is 4.90. The number of para-hydroxylation sites is 1. The number of hydrogen-bond acceptors (Lipinski definition) is 4. The fraction of sp³-hybridized carbons (Fsp3) is 0.190. The second-order valence-electron chi connectivity index (χ2n) is 6.06. The van der Waals surface area contributed by atoms with Crippen LogP contribution >= 0.6 is 0 Å². The van der Waals surface area contributed by atoms with E-state index in [-0.39, 0.29) is 18.2 Å². The number of rotatable bonds is 7. The van der Waals surface area contributed by atoms with Gasteiger partial charge >= 0.3 is 0 Å². The van der Waals surface area contributed by atoms with Crippen molar-refractivity contribution in [2.24, 2.45) is 0 Å². The number of aromatic nitrogens is 1. The molecule has 0 aliphatic rings. The average Bonchev–Trinajstić information content (AvgIpc) is 2.69. The molecule has 0 bridgehead atoms. The zero-order chi connectivity index (χ0) is 19.1. The molecule has 2 aromatic carbocycles. The Morgan fingerprint density at radius 3 is 2.56 bits per heavy atom. The van der Waals surface area contributed by atoms with Gasteiger partial charge in [0.1, 0.15) is 5.69 Å². The summed E-state index contributed by atoms with van der Waals surface area (Å²) in [5.74, 6) is -0.338. The molecule has 27 heavy (non-hydrogen) atoms. The van der Waals surface area contributed by atoms with Gasteiger partial charge in [0.15, 0.2) is 0 Å². The molecule has 0 unspecified atom stereocenters. The zero-order valence-electron chi connectivity index (χ0n) is 15.1. The van der Waals surface area contributed by atoms with Crippen LogP contribution in [0.25, 0.3) is 10.9 Å². The Morgan fingerprint density at radius 2 is 1.78 bits per heavy atom. The summed E-state index contributed by atoms with van der Waals surface area (Å²) in [5, 5.41) is 6.59. The Hall–Kier alpha value is -3.25. The second-order valence-corrected chi connectivity index (χ2v) is 6.06. The summed E-state index contributed by atoms with van der Waals surface area (Å²) in [5.41, 5.74) is 2.65. The van der Waals surface area contributed by atoms with E-state index in [0.29, 0.717) is 24.5 Å². The molecule has 0 aliphatic carbocycles. The van der Waals surface area contributed by atoms with E-state index in [9.17, 15) is 9.59 Å². The van der Waals surface area contributed by atoms with Crippen LogP contribution < -0.4 is 10.6 Å². The monoisotopic (exact) mass is 363 g/mol. The van der Waals surface area contributed by atoms with Crippen LogP contribution in [0.5, 0.6) is 0 Å². The van der Waals surface area contributed by atoms with Gasteiger partial charge in [-0.25, -0.2) is 4.98 Å². The van der Waals surface area contributed by atoms with Gasteiger partial charge in [0.05, 0.1) is 18.5 Å². The fourth-order valence-corrected chi connectivity index (χ4v) is 2.63. The predicted octanol–water partition coefficient (Wildman–Crippen LogP) is 2.79. The van der Waals surface area contributed by atoms with E-state index in [4.69, 9.17) is 4.74 Å². The van der Waals surface area contributed by atoms with E-state index in [1.807, 2.05) is 42.5 Å². The third-order valence-corrected chi connectivity index (χ3v) is 4.04. The lowest BCUT2D eigenvalue weighted by Crippen LogP contribution is -2.28. The summed E-state index contributed by atoms with van der Waals surface area (Å²) in [6.07, 6.45) is 0.282. The van der Waals surface area contributed by atoms with E-state index in [0.717, 1.165) is 16.5 Å². The van der Waals surface area contributed by atoms with Crippen LogP contribution in [0.3, 0.4) is 0 Å². The topological polar surface area (TPSA) is 80.3 Å². The number of carbonyl (C=O) groups is 2. The highest BCUT2D eigenvalue weighted by Gasteiger charge is 2.09. The molecular weight excluding hydrogens is 342 g/mol. The molecule has 0 aliphatic heterocycles. The smallest absolute Gasteiger partial charge is 0.274 e. The molecule has 1 heterocycles. The number of fused-ring (bicyclic) bond motifs is 1. The first-order chi connectivity index (χ1) is 13.2. The molecule has 3 rings (SSSR count). The average molecular weight is 363 g/mol. The predicted molar refractivity (Wildman–Crippen MR) is 105 cm³/mol. The minimum atomic E-state index is -0.272. The van der Waals surface area contributed by atoms with Gasteiger partial charge in [-0.3, -0.25) is 9.59 Å². The van der Waals surface area contributed by atoms with Crippen molar-refractivity contribution < 1.29 is 14.3 Å². The number of nitrogens with one attached hydrogen (secondary N) is 2. The summed E-state index contributed by atoms with van der Waals surface area (Å²) in [7, 11) is 1.59. The van der Waals surface area contributed by atoms with Gasteiger partial charge in [-0.15, -0.1) is 0 Å². The largest absolute Gasteiger partial charge is 0.383 e. The number of amides is 2. The van der Waals surface area contributed by atoms with Crippen molar-refractivity contribution in [2.45, 2.75) is 6.42 Å². The molecule has 0 radical (unpaired) electrons. The van der Waals surface area contributed by atoms with E-state index >= 15 is 0 Å². The zero-order valence-corrected chi connectivity index (χ0v) is 15.1. The highest BCUT2D eigenvalue weighted by atomic mass is 16.5. The molecule has 1 aromatic heterocycles. The molecule has 0 atom stereocenters. The number of benzene rings is 2. The SMILES string of the molecule is COCCNC(=O)Cc1ccc(NC(=O)c2ccc3ccccc3n2)cc1. The molecule has 2 amide bonds. The summed E-state index contributed by atoms with van der Waals surface area (Å²) in [6.45, 7) is 0.974. The Kier molecular flexibility index (Phi) is 6.12. The molecular formula is C21H21N3O3. The van der Waals surface area contributed by atoms with Crippen LogP contribution in [0.15, 0.2) is 60.7 Å². The standard InChI is InChI=1S/C21H21N3O3/c1-27-13-12-22-20(25)14-15-6-9-17(10-7-15)23-21(26)19-11-8-16-4-2-3-5-18(16)24-19/h2-11H,12-14H2,1H3,(H,22,25)(H,23,26). The first-order valence-corrected chi connectivity index (χ1v) is 8.67. The van der Waals surface area contributed by atoms with Crippen molar-refractivity contribution in [3.05, 3.63) is 71.9 Å². The molecule has 0 saturated heterocycles. The number of hydrogen-bond donors (Lipinski definition) is 2. The van der Waals surface area contributed by atoms with Gasteiger partial charge in [0, 0.05) is 24.7 Å². The second kappa shape index (κ2) is 8.91. The summed E-state index contributed by atoms with van der Waals surface area (Å²) >= 11 is 0. The van der Waals surface area contributed by atoms with Crippen LogP contribution in [-0.2, 0) is 16.0 Å². The van der Waals surface area contributed by atoms with Crippen LogP contribution in [0, 0.1) is 0 Å². The van der Waals surface area contributed by atoms with Crippen LogP contribution in [0.1, 0.15) is 16.1 Å². The van der Waals surface area contributed by atoms with Crippen molar-refractivity contribution >= 4 is 28.4 Å². The molecule has 0 saturated carbocycles. The van der Waals surface area contributed by atoms with Crippen molar-refractivity contribution in [1.82, 2.24) is 10.3 Å². The van der Waals surface area contributed by atoms with Gasteiger partial charge in [0.25, 0.3) is 5.91 Å². The number of pyridine rings is 1. The first-order valence-electron chi connectivity index (χ1n) is 8.67. The minimum Gasteiger partial charge on any atom is -0.383 e. The lowest BCUT2D eigenvalue weighted by Gasteiger charge is -2.08. The molecule has 0 spiro atoms. The molecule has 3 aromatic rings. The van der Waals surface area contributed by atoms with Crippen molar-refractivity contribution in [3.8, 4) is 0 Å². The van der Waals surface area contributed by atoms with E-state index in [1.165, 1.54) is 0 Å². The third kappa shape index (κ3) is 5.12. The van der Waals surface area contributed by atoms with E-state index < -0.39 is 0 Å². The number of anilines is 1. The Balaban J connectivity index is 1.60. The summed E-state index contributed by atoms with van der Waals surface area (Å²) in [4.78, 5) is 28.6. The fourth-order valence-electron chi connectivity index (χ4n) is 2.63. The van der Waals surface area contributed by atoms with Gasteiger partial charge in [-0.1, -0.05) is 36.4 Å². The van der Waals surface area contributed by atoms with Crippen LogP contribution in [0.4, 0.5) is 5.69 Å². The number of ether oxygens (including phenoxy) is 1. The maximum Gasteiger partial charge on any atom is 0.274 e. The van der Waals surface area contributed by atoms with Crippen molar-refractivity contribution in [2.75, 3.05) is 25.6 Å². The lowest BCUT2D eigenvalue weighted by atomic mass is 10.1. The Morgan fingerprint density at radius 1 is 1.00 bits per heavy atom. The van der Waals surface area contributed by atoms with E-state index in [1.54, 1.807) is 25.3 Å². The van der Waals surface area contributed by atoms with Gasteiger partial charge in [0.2, 0.25) is 5.91 Å². The minimum absolute atomic E-state index is 0.0656. The molecule has 6 heteroatoms. The quantitative estimate of drug-likeness (QED) is 0.633. The Bertz CT molecular complexity index is 939. The third-order valence-electron chi connectivity index (χ3n) is 4.04. The van der Waals surface area contributed by atoms with Crippen molar-refractivity contribution in [1.29, 1.82) is 0 Å². The molecule has 138 valence electrons. The highest BCUT2D eigenvalue weighted by molar-refractivity contribution is 6.04. The van der Waals surface area contributed by atoms with E-state index in [2.05, 4.69) is 15.6 Å². The van der Waals surface area contributed by atoms with Crippen molar-refractivity contribution in [3.63, 3.8) is 0 Å². The normalized spacial score (nSPS) is 10.6. The highest BCUT2D eigenvalue weighted by Crippen LogP contribution is 2.14. The van der Waals surface area contributed by atoms with Gasteiger partial charge in [-0.2, -0.15) is 0 Å². The maximum atomic E-state index is 12.4.